The van der Waals surface area contributed by atoms with Crippen molar-refractivity contribution in [3.8, 4) is 5.75 Å². The summed E-state index contributed by atoms with van der Waals surface area (Å²) in [7, 11) is 0. The minimum absolute atomic E-state index is 0.230. The number of halogens is 2. The van der Waals surface area contributed by atoms with E-state index < -0.39 is 22.7 Å². The highest BCUT2D eigenvalue weighted by Crippen LogP contribution is 2.80. The van der Waals surface area contributed by atoms with Gasteiger partial charge in [0.15, 0.2) is 5.78 Å². The van der Waals surface area contributed by atoms with E-state index in [4.69, 9.17) is 16.3 Å². The summed E-state index contributed by atoms with van der Waals surface area (Å²) in [6.07, 6.45) is 0.347. The Morgan fingerprint density at radius 2 is 1.85 bits per heavy atom. The molecule has 1 aliphatic carbocycles. The average Bonchev–Trinajstić information content (AvgIpc) is 3.29. The number of esters is 1. The second-order valence-corrected chi connectivity index (χ2v) is 8.38. The van der Waals surface area contributed by atoms with Crippen LogP contribution in [0.4, 0.5) is 0 Å². The van der Waals surface area contributed by atoms with Crippen LogP contribution in [0.2, 0.25) is 5.02 Å². The summed E-state index contributed by atoms with van der Waals surface area (Å²) in [6, 6.07) is 11.8. The van der Waals surface area contributed by atoms with E-state index in [1.807, 2.05) is 13.0 Å². The number of Topliss-reactive ketones (excluding diaryl/α,β-unsaturated/α-hetero) is 2. The van der Waals surface area contributed by atoms with E-state index in [1.165, 1.54) is 6.92 Å². The summed E-state index contributed by atoms with van der Waals surface area (Å²) in [5.74, 6) is -1.34. The largest absolute Gasteiger partial charge is 0.425 e. The minimum atomic E-state index is -1.48. The van der Waals surface area contributed by atoms with Crippen molar-refractivity contribution in [3.63, 3.8) is 0 Å². The van der Waals surface area contributed by atoms with Gasteiger partial charge in [-0.3, -0.25) is 14.4 Å². The van der Waals surface area contributed by atoms with E-state index in [-0.39, 0.29) is 11.6 Å². The molecule has 27 heavy (non-hydrogen) atoms. The lowest BCUT2D eigenvalue weighted by molar-refractivity contribution is -0.148. The number of benzene rings is 2. The summed E-state index contributed by atoms with van der Waals surface area (Å²) in [6.45, 7) is 3.20. The average molecular weight is 448 g/mol. The molecular weight excluding hydrogens is 432 g/mol. The number of ketones is 2. The maximum Gasteiger partial charge on any atom is 0.326 e. The second kappa shape index (κ2) is 6.01. The highest BCUT2D eigenvalue weighted by Gasteiger charge is 2.87. The van der Waals surface area contributed by atoms with Crippen LogP contribution >= 0.6 is 27.5 Å². The summed E-state index contributed by atoms with van der Waals surface area (Å²) in [5.41, 5.74) is -1.49. The lowest BCUT2D eigenvalue weighted by Gasteiger charge is -2.22. The monoisotopic (exact) mass is 446 g/mol. The highest BCUT2D eigenvalue weighted by atomic mass is 79.9. The Bertz CT molecular complexity index is 1000. The molecule has 138 valence electrons. The van der Waals surface area contributed by atoms with Crippen LogP contribution in [0.5, 0.6) is 5.75 Å². The third kappa shape index (κ3) is 2.18. The van der Waals surface area contributed by atoms with Crippen molar-refractivity contribution in [2.45, 2.75) is 26.2 Å². The van der Waals surface area contributed by atoms with Gasteiger partial charge in [0.2, 0.25) is 0 Å². The number of carbonyl (C=O) groups excluding carboxylic acids is 3. The predicted molar refractivity (Wildman–Crippen MR) is 104 cm³/mol. The molecule has 0 spiro atoms. The van der Waals surface area contributed by atoms with Gasteiger partial charge in [0.25, 0.3) is 0 Å². The molecule has 2 aliphatic rings. The molecule has 2 aromatic rings. The van der Waals surface area contributed by atoms with Gasteiger partial charge in [-0.2, -0.15) is 0 Å². The first-order valence-electron chi connectivity index (χ1n) is 8.63. The van der Waals surface area contributed by atoms with Gasteiger partial charge in [0.05, 0.1) is 5.41 Å². The summed E-state index contributed by atoms with van der Waals surface area (Å²) >= 11 is 9.37. The van der Waals surface area contributed by atoms with Crippen molar-refractivity contribution in [1.29, 1.82) is 0 Å². The van der Waals surface area contributed by atoms with E-state index in [0.717, 1.165) is 4.47 Å². The Morgan fingerprint density at radius 1 is 1.19 bits per heavy atom. The fourth-order valence-electron chi connectivity index (χ4n) is 4.83. The zero-order valence-electron chi connectivity index (χ0n) is 14.7. The first-order chi connectivity index (χ1) is 12.8. The van der Waals surface area contributed by atoms with Gasteiger partial charge >= 0.3 is 5.97 Å². The minimum Gasteiger partial charge on any atom is -0.425 e. The summed E-state index contributed by atoms with van der Waals surface area (Å²) in [4.78, 5) is 39.3. The van der Waals surface area contributed by atoms with Crippen LogP contribution < -0.4 is 4.74 Å². The van der Waals surface area contributed by atoms with Gasteiger partial charge in [0.1, 0.15) is 16.9 Å². The van der Waals surface area contributed by atoms with Crippen LogP contribution in [0, 0.1) is 10.8 Å². The van der Waals surface area contributed by atoms with Crippen LogP contribution in [-0.4, -0.2) is 17.5 Å². The quantitative estimate of drug-likeness (QED) is 0.287. The number of ether oxygens (including phenoxy) is 1. The van der Waals surface area contributed by atoms with Gasteiger partial charge in [-0.15, -0.1) is 0 Å². The van der Waals surface area contributed by atoms with Crippen molar-refractivity contribution >= 4 is 45.1 Å². The van der Waals surface area contributed by atoms with Crippen LogP contribution in [0.25, 0.3) is 0 Å². The van der Waals surface area contributed by atoms with E-state index in [0.29, 0.717) is 28.3 Å². The molecule has 1 saturated carbocycles. The fourth-order valence-corrected chi connectivity index (χ4v) is 5.33. The zero-order chi connectivity index (χ0) is 19.6. The van der Waals surface area contributed by atoms with Gasteiger partial charge < -0.3 is 4.74 Å². The Hall–Kier alpha value is -1.98. The molecule has 2 aromatic carbocycles. The van der Waals surface area contributed by atoms with Gasteiger partial charge in [-0.05, 0) is 55.8 Å². The van der Waals surface area contributed by atoms with Crippen LogP contribution in [0.15, 0.2) is 46.9 Å². The first-order valence-corrected chi connectivity index (χ1v) is 9.81. The molecule has 3 unspecified atom stereocenters. The standard InChI is InChI=1S/C21H16BrClO4/c1-3-20(18(25)12-4-7-14(23)8-5-12)17-15-10-13(22)6-9-16(15)27-19(26)21(17,20)11(2)24/h4-10,17H,3H2,1-2H3. The molecule has 0 radical (unpaired) electrons. The molecule has 1 heterocycles. The van der Waals surface area contributed by atoms with Crippen molar-refractivity contribution in [2.75, 3.05) is 0 Å². The van der Waals surface area contributed by atoms with Crippen LogP contribution in [0.3, 0.4) is 0 Å². The Morgan fingerprint density at radius 3 is 2.44 bits per heavy atom. The Kier molecular flexibility index (Phi) is 4.09. The SMILES string of the molecule is CCC1(C(=O)c2ccc(Cl)cc2)C2c3cc(Br)ccc3OC(=O)C21C(C)=O. The van der Waals surface area contributed by atoms with E-state index in [1.54, 1.807) is 36.4 Å². The molecule has 4 rings (SSSR count). The molecule has 0 saturated heterocycles. The number of carbonyl (C=O) groups is 3. The van der Waals surface area contributed by atoms with E-state index in [2.05, 4.69) is 15.9 Å². The van der Waals surface area contributed by atoms with E-state index in [9.17, 15) is 14.4 Å². The predicted octanol–water partition coefficient (Wildman–Crippen LogP) is 4.97. The van der Waals surface area contributed by atoms with Crippen LogP contribution in [-0.2, 0) is 9.59 Å². The molecule has 0 aromatic heterocycles. The maximum absolute atomic E-state index is 13.6. The number of fused-ring (bicyclic) bond motifs is 3. The molecule has 1 fully saturated rings. The highest BCUT2D eigenvalue weighted by molar-refractivity contribution is 9.10. The molecular formula is C21H16BrClO4. The smallest absolute Gasteiger partial charge is 0.326 e. The zero-order valence-corrected chi connectivity index (χ0v) is 17.1. The van der Waals surface area contributed by atoms with Gasteiger partial charge in [-0.25, -0.2) is 0 Å². The fraction of sp³-hybridized carbons (Fsp3) is 0.286. The molecule has 3 atom stereocenters. The van der Waals surface area contributed by atoms with Gasteiger partial charge in [0, 0.05) is 26.5 Å². The first kappa shape index (κ1) is 18.4. The van der Waals surface area contributed by atoms with Crippen molar-refractivity contribution in [1.82, 2.24) is 0 Å². The second-order valence-electron chi connectivity index (χ2n) is 7.03. The number of hydrogen-bond donors (Lipinski definition) is 0. The third-order valence-electron chi connectivity index (χ3n) is 5.98. The molecule has 4 nitrogen and oxygen atoms in total. The molecule has 6 heteroatoms. The van der Waals surface area contributed by atoms with Crippen molar-refractivity contribution < 1.29 is 19.1 Å². The van der Waals surface area contributed by atoms with Crippen molar-refractivity contribution in [2.24, 2.45) is 10.8 Å². The molecule has 0 N–H and O–H groups in total. The van der Waals surface area contributed by atoms with Crippen LogP contribution in [0.1, 0.15) is 42.1 Å². The topological polar surface area (TPSA) is 60.4 Å². The Labute approximate surface area is 170 Å². The lowest BCUT2D eigenvalue weighted by atomic mass is 9.81. The Balaban J connectivity index is 1.95. The van der Waals surface area contributed by atoms with Gasteiger partial charge in [-0.1, -0.05) is 34.5 Å². The molecule has 0 amide bonds. The molecule has 1 aliphatic heterocycles. The third-order valence-corrected chi connectivity index (χ3v) is 6.72. The summed E-state index contributed by atoms with van der Waals surface area (Å²) < 4.78 is 6.31. The molecule has 0 bridgehead atoms. The number of hydrogen-bond acceptors (Lipinski definition) is 4. The van der Waals surface area contributed by atoms with Crippen molar-refractivity contribution in [3.05, 3.63) is 63.1 Å². The lowest BCUT2D eigenvalue weighted by Crippen LogP contribution is -2.38. The number of rotatable bonds is 4. The maximum atomic E-state index is 13.6. The van der Waals surface area contributed by atoms with E-state index >= 15 is 0 Å². The normalized spacial score (nSPS) is 28.0. The summed E-state index contributed by atoms with van der Waals surface area (Å²) in [5, 5.41) is 0.514.